The van der Waals surface area contributed by atoms with Crippen molar-refractivity contribution in [3.8, 4) is 0 Å². The molecule has 0 spiro atoms. The number of aryl methyl sites for hydroxylation is 2. The SMILES string of the molecule is Cc1nn(C)cc1[C@@H](C)NC(=O)[C@H]1CC(=O)N(c2ccc(F)cc2)C1. The Morgan fingerprint density at radius 1 is 1.36 bits per heavy atom. The highest BCUT2D eigenvalue weighted by molar-refractivity contribution is 6.00. The maximum Gasteiger partial charge on any atom is 0.227 e. The number of halogens is 1. The zero-order chi connectivity index (χ0) is 18.1. The molecule has 25 heavy (non-hydrogen) atoms. The van der Waals surface area contributed by atoms with Gasteiger partial charge < -0.3 is 10.2 Å². The number of benzene rings is 1. The van der Waals surface area contributed by atoms with Crippen LogP contribution >= 0.6 is 0 Å². The summed E-state index contributed by atoms with van der Waals surface area (Å²) in [6, 6.07) is 5.53. The third-order valence-corrected chi connectivity index (χ3v) is 4.51. The van der Waals surface area contributed by atoms with Gasteiger partial charge in [0.1, 0.15) is 5.82 Å². The molecule has 0 radical (unpaired) electrons. The summed E-state index contributed by atoms with van der Waals surface area (Å²) in [7, 11) is 1.83. The minimum atomic E-state index is -0.419. The highest BCUT2D eigenvalue weighted by atomic mass is 19.1. The van der Waals surface area contributed by atoms with E-state index in [4.69, 9.17) is 0 Å². The maximum atomic E-state index is 13.0. The molecule has 132 valence electrons. The number of nitrogens with zero attached hydrogens (tertiary/aromatic N) is 3. The molecule has 6 nitrogen and oxygen atoms in total. The van der Waals surface area contributed by atoms with E-state index in [2.05, 4.69) is 10.4 Å². The lowest BCUT2D eigenvalue weighted by atomic mass is 10.1. The minimum Gasteiger partial charge on any atom is -0.349 e. The van der Waals surface area contributed by atoms with Gasteiger partial charge in [-0.1, -0.05) is 0 Å². The first-order valence-corrected chi connectivity index (χ1v) is 8.21. The van der Waals surface area contributed by atoms with Gasteiger partial charge in [0.15, 0.2) is 0 Å². The van der Waals surface area contributed by atoms with Crippen molar-refractivity contribution in [1.82, 2.24) is 15.1 Å². The standard InChI is InChI=1S/C18H21FN4O2/c1-11(16-10-22(3)21-12(16)2)20-18(25)13-8-17(24)23(9-13)15-6-4-14(19)5-7-15/h4-7,10-11,13H,8-9H2,1-3H3,(H,20,25)/t11-,13+/m1/s1. The number of aromatic nitrogens is 2. The molecular weight excluding hydrogens is 323 g/mol. The molecule has 2 atom stereocenters. The van der Waals surface area contributed by atoms with E-state index in [9.17, 15) is 14.0 Å². The zero-order valence-corrected chi connectivity index (χ0v) is 14.5. The number of hydrogen-bond donors (Lipinski definition) is 1. The van der Waals surface area contributed by atoms with Gasteiger partial charge in [-0.3, -0.25) is 14.3 Å². The van der Waals surface area contributed by atoms with Crippen LogP contribution in [-0.2, 0) is 16.6 Å². The second kappa shape index (κ2) is 6.66. The molecule has 2 aromatic rings. The molecule has 1 aliphatic heterocycles. The number of rotatable bonds is 4. The van der Waals surface area contributed by atoms with Gasteiger partial charge >= 0.3 is 0 Å². The van der Waals surface area contributed by atoms with E-state index < -0.39 is 5.92 Å². The van der Waals surface area contributed by atoms with E-state index in [0.717, 1.165) is 11.3 Å². The van der Waals surface area contributed by atoms with Crippen LogP contribution in [0.15, 0.2) is 30.5 Å². The van der Waals surface area contributed by atoms with Gasteiger partial charge in [0, 0.05) is 37.5 Å². The summed E-state index contributed by atoms with van der Waals surface area (Å²) in [6.07, 6.45) is 2.03. The van der Waals surface area contributed by atoms with Crippen LogP contribution in [0.25, 0.3) is 0 Å². The van der Waals surface area contributed by atoms with Gasteiger partial charge in [0.05, 0.1) is 17.7 Å². The summed E-state index contributed by atoms with van der Waals surface area (Å²) in [5, 5.41) is 7.24. The molecular formula is C18H21FN4O2. The van der Waals surface area contributed by atoms with Crippen LogP contribution in [0, 0.1) is 18.7 Å². The Bertz CT molecular complexity index is 800. The minimum absolute atomic E-state index is 0.128. The van der Waals surface area contributed by atoms with Crippen LogP contribution in [0.2, 0.25) is 0 Å². The number of hydrogen-bond acceptors (Lipinski definition) is 3. The molecule has 0 unspecified atom stereocenters. The molecule has 1 aliphatic rings. The van der Waals surface area contributed by atoms with Crippen molar-refractivity contribution in [2.45, 2.75) is 26.3 Å². The van der Waals surface area contributed by atoms with E-state index in [1.807, 2.05) is 27.1 Å². The first kappa shape index (κ1) is 17.1. The molecule has 1 N–H and O–H groups in total. The monoisotopic (exact) mass is 344 g/mol. The fourth-order valence-corrected chi connectivity index (χ4v) is 3.21. The second-order valence-electron chi connectivity index (χ2n) is 6.46. The van der Waals surface area contributed by atoms with Crippen molar-refractivity contribution in [1.29, 1.82) is 0 Å². The number of amides is 2. The molecule has 7 heteroatoms. The molecule has 0 bridgehead atoms. The summed E-state index contributed by atoms with van der Waals surface area (Å²) >= 11 is 0. The Labute approximate surface area is 145 Å². The Hall–Kier alpha value is -2.70. The Morgan fingerprint density at radius 2 is 2.04 bits per heavy atom. The Kier molecular flexibility index (Phi) is 4.57. The van der Waals surface area contributed by atoms with Crippen molar-refractivity contribution < 1.29 is 14.0 Å². The van der Waals surface area contributed by atoms with Gasteiger partial charge in [-0.2, -0.15) is 5.10 Å². The topological polar surface area (TPSA) is 67.2 Å². The molecule has 1 saturated heterocycles. The van der Waals surface area contributed by atoms with Crippen LogP contribution in [-0.4, -0.2) is 28.1 Å². The van der Waals surface area contributed by atoms with Crippen LogP contribution < -0.4 is 10.2 Å². The van der Waals surface area contributed by atoms with Crippen molar-refractivity contribution in [3.63, 3.8) is 0 Å². The van der Waals surface area contributed by atoms with Gasteiger partial charge in [-0.05, 0) is 38.1 Å². The lowest BCUT2D eigenvalue weighted by Crippen LogP contribution is -2.34. The summed E-state index contributed by atoms with van der Waals surface area (Å²) in [5.41, 5.74) is 2.43. The molecule has 2 heterocycles. The summed E-state index contributed by atoms with van der Waals surface area (Å²) in [6.45, 7) is 4.10. The van der Waals surface area contributed by atoms with E-state index in [1.54, 1.807) is 16.8 Å². The molecule has 0 saturated carbocycles. The third kappa shape index (κ3) is 3.55. The maximum absolute atomic E-state index is 13.0. The highest BCUT2D eigenvalue weighted by Crippen LogP contribution is 2.26. The van der Waals surface area contributed by atoms with Crippen LogP contribution in [0.5, 0.6) is 0 Å². The van der Waals surface area contributed by atoms with Gasteiger partial charge in [-0.25, -0.2) is 4.39 Å². The van der Waals surface area contributed by atoms with Crippen LogP contribution in [0.1, 0.15) is 30.6 Å². The average Bonchev–Trinajstić information content (AvgIpc) is 3.10. The van der Waals surface area contributed by atoms with E-state index >= 15 is 0 Å². The fraction of sp³-hybridized carbons (Fsp3) is 0.389. The average molecular weight is 344 g/mol. The predicted molar refractivity (Wildman–Crippen MR) is 91.4 cm³/mol. The zero-order valence-electron chi connectivity index (χ0n) is 14.5. The smallest absolute Gasteiger partial charge is 0.227 e. The van der Waals surface area contributed by atoms with Gasteiger partial charge in [0.25, 0.3) is 0 Å². The fourth-order valence-electron chi connectivity index (χ4n) is 3.21. The summed E-state index contributed by atoms with van der Waals surface area (Å²) in [4.78, 5) is 26.3. The first-order chi connectivity index (χ1) is 11.8. The Morgan fingerprint density at radius 3 is 2.64 bits per heavy atom. The van der Waals surface area contributed by atoms with E-state index in [-0.39, 0.29) is 30.1 Å². The summed E-state index contributed by atoms with van der Waals surface area (Å²) in [5.74, 6) is -1.06. The van der Waals surface area contributed by atoms with E-state index in [1.165, 1.54) is 17.0 Å². The lowest BCUT2D eigenvalue weighted by Gasteiger charge is -2.18. The van der Waals surface area contributed by atoms with E-state index in [0.29, 0.717) is 12.2 Å². The summed E-state index contributed by atoms with van der Waals surface area (Å²) < 4.78 is 14.8. The Balaban J connectivity index is 1.66. The molecule has 3 rings (SSSR count). The van der Waals surface area contributed by atoms with Crippen molar-refractivity contribution in [2.75, 3.05) is 11.4 Å². The van der Waals surface area contributed by atoms with Gasteiger partial charge in [-0.15, -0.1) is 0 Å². The highest BCUT2D eigenvalue weighted by Gasteiger charge is 2.35. The number of anilines is 1. The number of nitrogens with one attached hydrogen (secondary N) is 1. The lowest BCUT2D eigenvalue weighted by molar-refractivity contribution is -0.126. The molecule has 1 aromatic carbocycles. The predicted octanol–water partition coefficient (Wildman–Crippen LogP) is 2.10. The second-order valence-corrected chi connectivity index (χ2v) is 6.46. The normalized spacial score (nSPS) is 18.5. The molecule has 2 amide bonds. The van der Waals surface area contributed by atoms with Crippen LogP contribution in [0.3, 0.4) is 0 Å². The first-order valence-electron chi connectivity index (χ1n) is 8.21. The van der Waals surface area contributed by atoms with Crippen molar-refractivity contribution in [3.05, 3.63) is 47.5 Å². The molecule has 1 aromatic heterocycles. The molecule has 1 fully saturated rings. The number of carbonyl (C=O) groups is 2. The number of carbonyl (C=O) groups excluding carboxylic acids is 2. The van der Waals surface area contributed by atoms with Crippen molar-refractivity contribution in [2.24, 2.45) is 13.0 Å². The van der Waals surface area contributed by atoms with Gasteiger partial charge in [0.2, 0.25) is 11.8 Å². The van der Waals surface area contributed by atoms with Crippen LogP contribution in [0.4, 0.5) is 10.1 Å². The largest absolute Gasteiger partial charge is 0.349 e. The molecule has 0 aliphatic carbocycles. The third-order valence-electron chi connectivity index (χ3n) is 4.51. The van der Waals surface area contributed by atoms with Crippen molar-refractivity contribution >= 4 is 17.5 Å². The quantitative estimate of drug-likeness (QED) is 0.924.